The minimum Gasteiger partial charge on any atom is -0.466 e. The summed E-state index contributed by atoms with van der Waals surface area (Å²) in [6.45, 7) is 3.89. The zero-order valence-electron chi connectivity index (χ0n) is 14.1. The first-order valence-electron chi connectivity index (χ1n) is 8.46. The third-order valence-electron chi connectivity index (χ3n) is 4.15. The maximum absolute atomic E-state index is 12.7. The molecule has 4 rings (SSSR count). The van der Waals surface area contributed by atoms with Crippen molar-refractivity contribution in [3.05, 3.63) is 23.9 Å². The van der Waals surface area contributed by atoms with E-state index < -0.39 is 0 Å². The Hall–Kier alpha value is -2.30. The molecule has 2 aromatic rings. The van der Waals surface area contributed by atoms with Crippen LogP contribution in [0.2, 0.25) is 0 Å². The molecule has 0 spiro atoms. The number of carbonyl (C=O) groups excluding carboxylic acids is 1. The number of hydrogen-bond donors (Lipinski definition) is 1. The minimum absolute atomic E-state index is 0.128. The highest BCUT2D eigenvalue weighted by Gasteiger charge is 2.22. The van der Waals surface area contributed by atoms with Crippen molar-refractivity contribution in [2.45, 2.75) is 12.5 Å². The second kappa shape index (κ2) is 7.94. The molecule has 2 aliphatic heterocycles. The molecule has 2 fully saturated rings. The molecule has 1 amide bonds. The Kier molecular flexibility index (Phi) is 5.23. The highest BCUT2D eigenvalue weighted by molar-refractivity contribution is 7.17. The van der Waals surface area contributed by atoms with E-state index in [0.29, 0.717) is 54.6 Å². The van der Waals surface area contributed by atoms with Gasteiger partial charge in [-0.25, -0.2) is 4.98 Å². The van der Waals surface area contributed by atoms with E-state index in [9.17, 15) is 4.79 Å². The monoisotopic (exact) mass is 377 g/mol. The predicted octanol–water partition coefficient (Wildman–Crippen LogP) is 1.19. The largest absolute Gasteiger partial charge is 0.466 e. The van der Waals surface area contributed by atoms with E-state index in [1.807, 2.05) is 4.90 Å². The summed E-state index contributed by atoms with van der Waals surface area (Å²) in [5, 5.41) is 11.5. The molecule has 0 aromatic carbocycles. The van der Waals surface area contributed by atoms with Crippen molar-refractivity contribution in [3.63, 3.8) is 0 Å². The van der Waals surface area contributed by atoms with Gasteiger partial charge in [0.2, 0.25) is 5.13 Å². The van der Waals surface area contributed by atoms with Crippen LogP contribution in [0.25, 0.3) is 0 Å². The molecule has 0 saturated carbocycles. The van der Waals surface area contributed by atoms with Crippen LogP contribution in [0.15, 0.2) is 18.3 Å². The zero-order valence-corrected chi connectivity index (χ0v) is 14.9. The Morgan fingerprint density at radius 2 is 2.19 bits per heavy atom. The van der Waals surface area contributed by atoms with Gasteiger partial charge in [-0.15, -0.1) is 5.10 Å². The van der Waals surface area contributed by atoms with Gasteiger partial charge in [-0.05, 0) is 23.5 Å². The Bertz CT molecular complexity index is 761. The van der Waals surface area contributed by atoms with Gasteiger partial charge in [0, 0.05) is 32.3 Å². The first-order valence-corrected chi connectivity index (χ1v) is 9.28. The maximum Gasteiger partial charge on any atom is 0.295 e. The molecule has 138 valence electrons. The highest BCUT2D eigenvalue weighted by atomic mass is 32.1. The summed E-state index contributed by atoms with van der Waals surface area (Å²) in [7, 11) is 0. The van der Waals surface area contributed by atoms with E-state index >= 15 is 0 Å². The van der Waals surface area contributed by atoms with Crippen LogP contribution in [0.3, 0.4) is 0 Å². The lowest BCUT2D eigenvalue weighted by molar-refractivity contribution is -0.0721. The van der Waals surface area contributed by atoms with Gasteiger partial charge in [0.05, 0.1) is 24.9 Å². The van der Waals surface area contributed by atoms with Crippen LogP contribution >= 0.6 is 11.3 Å². The summed E-state index contributed by atoms with van der Waals surface area (Å²) in [4.78, 5) is 19.1. The summed E-state index contributed by atoms with van der Waals surface area (Å²) >= 11 is 1.19. The lowest BCUT2D eigenvalue weighted by Crippen LogP contribution is -2.38. The molecule has 2 saturated heterocycles. The van der Waals surface area contributed by atoms with Crippen molar-refractivity contribution < 1.29 is 19.0 Å². The predicted molar refractivity (Wildman–Crippen MR) is 95.0 cm³/mol. The van der Waals surface area contributed by atoms with Crippen LogP contribution in [-0.4, -0.2) is 66.7 Å². The first kappa shape index (κ1) is 17.1. The summed E-state index contributed by atoms with van der Waals surface area (Å²) in [6, 6.07) is 3.49. The van der Waals surface area contributed by atoms with E-state index in [1.54, 1.807) is 18.3 Å². The van der Waals surface area contributed by atoms with Gasteiger partial charge < -0.3 is 19.1 Å². The quantitative estimate of drug-likeness (QED) is 0.802. The molecule has 1 unspecified atom stereocenters. The maximum atomic E-state index is 12.7. The number of ether oxygens (including phenoxy) is 3. The second-order valence-electron chi connectivity index (χ2n) is 5.89. The SMILES string of the molecule is O=C(Nc1nnc(OCC2CCO2)s1)c1cccnc1N1CCOCC1. The lowest BCUT2D eigenvalue weighted by atomic mass is 10.2. The molecule has 1 atom stereocenters. The molecule has 10 heteroatoms. The number of aromatic nitrogens is 3. The van der Waals surface area contributed by atoms with E-state index in [-0.39, 0.29) is 12.0 Å². The molecule has 1 N–H and O–H groups in total. The van der Waals surface area contributed by atoms with Gasteiger partial charge in [-0.3, -0.25) is 10.1 Å². The summed E-state index contributed by atoms with van der Waals surface area (Å²) < 4.78 is 16.2. The van der Waals surface area contributed by atoms with Gasteiger partial charge in [-0.2, -0.15) is 0 Å². The lowest BCUT2D eigenvalue weighted by Gasteiger charge is -2.28. The smallest absolute Gasteiger partial charge is 0.295 e. The third-order valence-corrected chi connectivity index (χ3v) is 4.91. The Morgan fingerprint density at radius 3 is 2.96 bits per heavy atom. The number of rotatable bonds is 6. The Balaban J connectivity index is 1.41. The molecule has 0 radical (unpaired) electrons. The zero-order chi connectivity index (χ0) is 17.8. The van der Waals surface area contributed by atoms with Gasteiger partial charge in [0.25, 0.3) is 11.1 Å². The van der Waals surface area contributed by atoms with Crippen molar-refractivity contribution in [1.82, 2.24) is 15.2 Å². The molecule has 2 aliphatic rings. The van der Waals surface area contributed by atoms with Gasteiger partial charge >= 0.3 is 0 Å². The topological polar surface area (TPSA) is 98.7 Å². The molecule has 9 nitrogen and oxygen atoms in total. The average molecular weight is 377 g/mol. The standard InChI is InChI=1S/C16H19N5O4S/c22-14(12-2-1-4-17-13(12)21-5-8-23-9-6-21)18-15-19-20-16(26-15)25-10-11-3-7-24-11/h1-2,4,11H,3,5-10H2,(H,18,19,22). The fourth-order valence-corrected chi connectivity index (χ4v) is 3.26. The van der Waals surface area contributed by atoms with Crippen LogP contribution in [-0.2, 0) is 9.47 Å². The van der Waals surface area contributed by atoms with Crippen molar-refractivity contribution in [2.75, 3.05) is 49.7 Å². The van der Waals surface area contributed by atoms with Crippen LogP contribution in [0.4, 0.5) is 10.9 Å². The van der Waals surface area contributed by atoms with E-state index in [4.69, 9.17) is 14.2 Å². The average Bonchev–Trinajstić information content (AvgIpc) is 3.08. The van der Waals surface area contributed by atoms with E-state index in [0.717, 1.165) is 13.0 Å². The number of nitrogens with one attached hydrogen (secondary N) is 1. The molecular weight excluding hydrogens is 358 g/mol. The second-order valence-corrected chi connectivity index (χ2v) is 6.83. The van der Waals surface area contributed by atoms with Crippen LogP contribution in [0.1, 0.15) is 16.8 Å². The van der Waals surface area contributed by atoms with Crippen LogP contribution in [0.5, 0.6) is 5.19 Å². The summed E-state index contributed by atoms with van der Waals surface area (Å²) in [5.41, 5.74) is 0.495. The summed E-state index contributed by atoms with van der Waals surface area (Å²) in [5.74, 6) is 0.376. The number of pyridine rings is 1. The number of hydrogen-bond acceptors (Lipinski definition) is 9. The van der Waals surface area contributed by atoms with Gasteiger partial charge in [0.1, 0.15) is 12.4 Å². The number of nitrogens with zero attached hydrogens (tertiary/aromatic N) is 4. The van der Waals surface area contributed by atoms with E-state index in [2.05, 4.69) is 20.5 Å². The normalized spacial score (nSPS) is 19.7. The van der Waals surface area contributed by atoms with Gasteiger partial charge in [-0.1, -0.05) is 5.10 Å². The fraction of sp³-hybridized carbons (Fsp3) is 0.500. The Morgan fingerprint density at radius 1 is 1.35 bits per heavy atom. The summed E-state index contributed by atoms with van der Waals surface area (Å²) in [6.07, 6.45) is 2.80. The first-order chi connectivity index (χ1) is 12.8. The minimum atomic E-state index is -0.274. The molecule has 0 bridgehead atoms. The highest BCUT2D eigenvalue weighted by Crippen LogP contribution is 2.25. The van der Waals surface area contributed by atoms with Gasteiger partial charge in [0.15, 0.2) is 0 Å². The van der Waals surface area contributed by atoms with Crippen molar-refractivity contribution in [2.24, 2.45) is 0 Å². The molecule has 0 aliphatic carbocycles. The van der Waals surface area contributed by atoms with Crippen LogP contribution < -0.4 is 15.0 Å². The van der Waals surface area contributed by atoms with E-state index in [1.165, 1.54) is 11.3 Å². The molecule has 26 heavy (non-hydrogen) atoms. The Labute approximate surface area is 154 Å². The van der Waals surface area contributed by atoms with Crippen molar-refractivity contribution in [1.29, 1.82) is 0 Å². The van der Waals surface area contributed by atoms with Crippen LogP contribution in [0, 0.1) is 0 Å². The number of morpholine rings is 1. The number of amides is 1. The molecule has 2 aromatic heterocycles. The fourth-order valence-electron chi connectivity index (χ4n) is 2.66. The number of carbonyl (C=O) groups is 1. The van der Waals surface area contributed by atoms with Crippen molar-refractivity contribution >= 4 is 28.2 Å². The van der Waals surface area contributed by atoms with Crippen molar-refractivity contribution in [3.8, 4) is 5.19 Å². The number of anilines is 2. The third kappa shape index (κ3) is 3.92. The molecule has 4 heterocycles. The molecular formula is C16H19N5O4S.